The normalized spacial score (nSPS) is 13.7. The van der Waals surface area contributed by atoms with Crippen molar-refractivity contribution in [2.45, 2.75) is 19.3 Å². The van der Waals surface area contributed by atoms with Crippen LogP contribution in [0.3, 0.4) is 0 Å². The molecule has 0 spiro atoms. The Hall–Kier alpha value is -3.00. The highest BCUT2D eigenvalue weighted by molar-refractivity contribution is 7.80. The summed E-state index contributed by atoms with van der Waals surface area (Å²) >= 11 is 5.61. The van der Waals surface area contributed by atoms with Crippen molar-refractivity contribution in [1.29, 1.82) is 0 Å². The average molecular weight is 400 g/mol. The molecule has 0 bridgehead atoms. The number of rotatable bonds is 5. The minimum absolute atomic E-state index is 0.0944. The number of nitro benzene ring substituents is 1. The van der Waals surface area contributed by atoms with Crippen LogP contribution in [0.2, 0.25) is 0 Å². The fraction of sp³-hybridized carbons (Fsp3) is 0.300. The van der Waals surface area contributed by atoms with Crippen molar-refractivity contribution in [2.24, 2.45) is 0 Å². The molecule has 0 N–H and O–H groups in total. The van der Waals surface area contributed by atoms with Gasteiger partial charge in [-0.3, -0.25) is 10.1 Å². The summed E-state index contributed by atoms with van der Waals surface area (Å²) in [4.78, 5) is 25.5. The number of piperidine rings is 1. The van der Waals surface area contributed by atoms with E-state index in [0.29, 0.717) is 5.75 Å². The molecule has 1 aliphatic rings. The summed E-state index contributed by atoms with van der Waals surface area (Å²) in [6.45, 7) is 1.84. The van der Waals surface area contributed by atoms with Crippen LogP contribution in [0, 0.1) is 10.1 Å². The lowest BCUT2D eigenvalue weighted by Crippen LogP contribution is -2.34. The third-order valence-corrected chi connectivity index (χ3v) is 5.06. The van der Waals surface area contributed by atoms with Gasteiger partial charge in [-0.15, -0.1) is 0 Å². The average Bonchev–Trinajstić information content (AvgIpc) is 2.73. The Morgan fingerprint density at radius 1 is 1.04 bits per heavy atom. The van der Waals surface area contributed by atoms with Gasteiger partial charge in [0.1, 0.15) is 4.99 Å². The topological polar surface area (TPSA) is 81.9 Å². The van der Waals surface area contributed by atoms with E-state index in [0.717, 1.165) is 36.5 Å². The summed E-state index contributed by atoms with van der Waals surface area (Å²) in [6, 6.07) is 10.5. The number of hydrogen-bond donors (Lipinski definition) is 0. The number of benzene rings is 2. The molecule has 1 heterocycles. The second-order valence-corrected chi connectivity index (χ2v) is 6.80. The van der Waals surface area contributed by atoms with Gasteiger partial charge in [-0.2, -0.15) is 0 Å². The first-order valence-corrected chi connectivity index (χ1v) is 9.34. The minimum atomic E-state index is -0.630. The predicted molar refractivity (Wildman–Crippen MR) is 108 cm³/mol. The van der Waals surface area contributed by atoms with E-state index >= 15 is 0 Å². The van der Waals surface area contributed by atoms with Gasteiger partial charge < -0.3 is 14.4 Å². The van der Waals surface area contributed by atoms with Crippen molar-refractivity contribution < 1.29 is 19.2 Å². The Labute approximate surface area is 168 Å². The monoisotopic (exact) mass is 400 g/mol. The number of hydrogen-bond acceptors (Lipinski definition) is 6. The van der Waals surface area contributed by atoms with E-state index in [9.17, 15) is 14.9 Å². The van der Waals surface area contributed by atoms with Crippen molar-refractivity contribution in [3.8, 4) is 11.5 Å². The zero-order valence-electron chi connectivity index (χ0n) is 15.4. The van der Waals surface area contributed by atoms with Gasteiger partial charge in [0.2, 0.25) is 0 Å². The minimum Gasteiger partial charge on any atom is -0.493 e. The third-order valence-electron chi connectivity index (χ3n) is 4.57. The number of likely N-dealkylation sites (tertiary alicyclic amines) is 1. The molecule has 1 saturated heterocycles. The summed E-state index contributed by atoms with van der Waals surface area (Å²) in [5.74, 6) is 0.0254. The van der Waals surface area contributed by atoms with Crippen molar-refractivity contribution >= 4 is 28.9 Å². The van der Waals surface area contributed by atoms with Crippen LogP contribution >= 0.6 is 12.2 Å². The number of ether oxygens (including phenoxy) is 2. The van der Waals surface area contributed by atoms with Gasteiger partial charge in [0.25, 0.3) is 5.69 Å². The maximum absolute atomic E-state index is 12.5. The molecular formula is C20H20N2O5S. The first-order chi connectivity index (χ1) is 13.5. The van der Waals surface area contributed by atoms with E-state index in [1.165, 1.54) is 37.8 Å². The highest BCUT2D eigenvalue weighted by Gasteiger charge is 2.19. The van der Waals surface area contributed by atoms with Crippen LogP contribution < -0.4 is 9.47 Å². The second kappa shape index (κ2) is 8.79. The van der Waals surface area contributed by atoms with Crippen molar-refractivity contribution in [1.82, 2.24) is 4.90 Å². The molecule has 2 aromatic carbocycles. The number of non-ortho nitro benzene ring substituents is 1. The van der Waals surface area contributed by atoms with Crippen molar-refractivity contribution in [3.05, 3.63) is 63.7 Å². The molecule has 28 heavy (non-hydrogen) atoms. The first kappa shape index (κ1) is 19.8. The SMILES string of the molecule is COc1ccc(C(=S)N2CCCCC2)cc1OC(=O)c1ccc([N+](=O)[O-])cc1. The van der Waals surface area contributed by atoms with Gasteiger partial charge in [-0.25, -0.2) is 4.79 Å². The van der Waals surface area contributed by atoms with Gasteiger partial charge in [0.15, 0.2) is 11.5 Å². The van der Waals surface area contributed by atoms with Crippen LogP contribution in [0.15, 0.2) is 42.5 Å². The molecule has 0 radical (unpaired) electrons. The molecular weight excluding hydrogens is 380 g/mol. The standard InChI is InChI=1S/C20H20N2O5S/c1-26-17-10-7-15(19(28)21-11-3-2-4-12-21)13-18(17)27-20(23)14-5-8-16(9-6-14)22(24)25/h5-10,13H,2-4,11-12H2,1H3. The molecule has 0 unspecified atom stereocenters. The molecule has 0 saturated carbocycles. The van der Waals surface area contributed by atoms with Gasteiger partial charge in [0, 0.05) is 30.8 Å². The van der Waals surface area contributed by atoms with Crippen LogP contribution in [0.5, 0.6) is 11.5 Å². The number of carbonyl (C=O) groups is 1. The molecule has 0 aliphatic carbocycles. The highest BCUT2D eigenvalue weighted by Crippen LogP contribution is 2.30. The lowest BCUT2D eigenvalue weighted by molar-refractivity contribution is -0.384. The maximum atomic E-state index is 12.5. The van der Waals surface area contributed by atoms with Crippen LogP contribution in [0.25, 0.3) is 0 Å². The molecule has 3 rings (SSSR count). The fourth-order valence-electron chi connectivity index (χ4n) is 3.05. The molecule has 8 heteroatoms. The largest absolute Gasteiger partial charge is 0.493 e. The van der Waals surface area contributed by atoms with Crippen molar-refractivity contribution in [3.63, 3.8) is 0 Å². The van der Waals surface area contributed by atoms with Gasteiger partial charge in [-0.1, -0.05) is 12.2 Å². The smallest absolute Gasteiger partial charge is 0.343 e. The van der Waals surface area contributed by atoms with Crippen LogP contribution in [-0.2, 0) is 0 Å². The van der Waals surface area contributed by atoms with E-state index in [-0.39, 0.29) is 17.0 Å². The molecule has 146 valence electrons. The number of carbonyl (C=O) groups excluding carboxylic acids is 1. The Bertz CT molecular complexity index is 892. The number of nitrogens with zero attached hydrogens (tertiary/aromatic N) is 2. The third kappa shape index (κ3) is 4.45. The predicted octanol–water partition coefficient (Wildman–Crippen LogP) is 3.98. The van der Waals surface area contributed by atoms with Gasteiger partial charge >= 0.3 is 5.97 Å². The lowest BCUT2D eigenvalue weighted by Gasteiger charge is -2.29. The molecule has 0 aromatic heterocycles. The quantitative estimate of drug-likeness (QED) is 0.247. The molecule has 0 atom stereocenters. The number of nitro groups is 1. The highest BCUT2D eigenvalue weighted by atomic mass is 32.1. The Morgan fingerprint density at radius 2 is 1.68 bits per heavy atom. The van der Waals surface area contributed by atoms with Crippen LogP contribution in [0.1, 0.15) is 35.2 Å². The van der Waals surface area contributed by atoms with Gasteiger partial charge in [-0.05, 0) is 49.6 Å². The summed E-state index contributed by atoms with van der Waals surface area (Å²) < 4.78 is 10.8. The Kier molecular flexibility index (Phi) is 6.20. The zero-order valence-corrected chi connectivity index (χ0v) is 16.2. The summed E-state index contributed by atoms with van der Waals surface area (Å²) in [5, 5.41) is 10.7. The zero-order chi connectivity index (χ0) is 20.1. The van der Waals surface area contributed by atoms with Crippen LogP contribution in [-0.4, -0.2) is 41.0 Å². The van der Waals surface area contributed by atoms with E-state index in [1.807, 2.05) is 6.07 Å². The molecule has 2 aromatic rings. The maximum Gasteiger partial charge on any atom is 0.343 e. The Morgan fingerprint density at radius 3 is 2.29 bits per heavy atom. The van der Waals surface area contributed by atoms with E-state index in [4.69, 9.17) is 21.7 Å². The summed E-state index contributed by atoms with van der Waals surface area (Å²) in [6.07, 6.45) is 3.43. The van der Waals surface area contributed by atoms with Gasteiger partial charge in [0.05, 0.1) is 17.6 Å². The number of thiocarbonyl (C=S) groups is 1. The molecule has 7 nitrogen and oxygen atoms in total. The second-order valence-electron chi connectivity index (χ2n) is 6.41. The molecule has 0 amide bonds. The van der Waals surface area contributed by atoms with E-state index < -0.39 is 10.9 Å². The van der Waals surface area contributed by atoms with E-state index in [1.54, 1.807) is 12.1 Å². The van der Waals surface area contributed by atoms with Crippen molar-refractivity contribution in [2.75, 3.05) is 20.2 Å². The van der Waals surface area contributed by atoms with E-state index in [2.05, 4.69) is 4.90 Å². The molecule has 1 aliphatic heterocycles. The Balaban J connectivity index is 1.80. The molecule has 1 fully saturated rings. The number of methoxy groups -OCH3 is 1. The summed E-state index contributed by atoms with van der Waals surface area (Å²) in [5.41, 5.74) is 0.892. The van der Waals surface area contributed by atoms with Crippen LogP contribution in [0.4, 0.5) is 5.69 Å². The fourth-order valence-corrected chi connectivity index (χ4v) is 3.36. The number of esters is 1. The lowest BCUT2D eigenvalue weighted by atomic mass is 10.1. The summed E-state index contributed by atoms with van der Waals surface area (Å²) in [7, 11) is 1.49. The first-order valence-electron chi connectivity index (χ1n) is 8.93.